The lowest BCUT2D eigenvalue weighted by atomic mass is 9.86. The summed E-state index contributed by atoms with van der Waals surface area (Å²) in [5.41, 5.74) is -0.909. The molecular formula is C16H28N2O3. The van der Waals surface area contributed by atoms with E-state index < -0.39 is 5.60 Å². The minimum atomic E-state index is -0.909. The number of rotatable bonds is 4. The molecule has 1 N–H and O–H groups in total. The van der Waals surface area contributed by atoms with Crippen LogP contribution in [0.5, 0.6) is 0 Å². The Morgan fingerprint density at radius 1 is 1.29 bits per heavy atom. The van der Waals surface area contributed by atoms with Gasteiger partial charge in [-0.3, -0.25) is 9.59 Å². The van der Waals surface area contributed by atoms with E-state index in [-0.39, 0.29) is 11.8 Å². The van der Waals surface area contributed by atoms with Crippen molar-refractivity contribution in [2.24, 2.45) is 5.92 Å². The van der Waals surface area contributed by atoms with Crippen molar-refractivity contribution in [3.8, 4) is 0 Å². The number of nitrogens with zero attached hydrogens (tertiary/aromatic N) is 1. The number of amides is 2. The second-order valence-electron chi connectivity index (χ2n) is 6.52. The van der Waals surface area contributed by atoms with Crippen LogP contribution in [-0.4, -0.2) is 49.1 Å². The van der Waals surface area contributed by atoms with E-state index in [4.69, 9.17) is 4.74 Å². The van der Waals surface area contributed by atoms with Crippen molar-refractivity contribution >= 4 is 11.8 Å². The molecule has 0 spiro atoms. The van der Waals surface area contributed by atoms with Crippen molar-refractivity contribution in [3.05, 3.63) is 0 Å². The van der Waals surface area contributed by atoms with Crippen molar-refractivity contribution in [1.29, 1.82) is 0 Å². The molecule has 1 heterocycles. The normalized spacial score (nSPS) is 27.4. The Morgan fingerprint density at radius 2 is 2.00 bits per heavy atom. The predicted octanol–water partition coefficient (Wildman–Crippen LogP) is 1.71. The Kier molecular flexibility index (Phi) is 5.62. The summed E-state index contributed by atoms with van der Waals surface area (Å²) in [5, 5.41) is 2.62. The number of hydrogen-bond acceptors (Lipinski definition) is 3. The first-order valence-electron chi connectivity index (χ1n) is 8.19. The Morgan fingerprint density at radius 3 is 2.67 bits per heavy atom. The minimum Gasteiger partial charge on any atom is -0.362 e. The van der Waals surface area contributed by atoms with Crippen LogP contribution in [0.3, 0.4) is 0 Å². The van der Waals surface area contributed by atoms with Gasteiger partial charge in [0.25, 0.3) is 5.91 Å². The first kappa shape index (κ1) is 16.3. The summed E-state index contributed by atoms with van der Waals surface area (Å²) in [6.45, 7) is 3.14. The Labute approximate surface area is 127 Å². The van der Waals surface area contributed by atoms with Gasteiger partial charge in [-0.2, -0.15) is 0 Å². The Balaban J connectivity index is 1.82. The van der Waals surface area contributed by atoms with E-state index in [1.54, 1.807) is 18.9 Å². The average molecular weight is 296 g/mol. The molecule has 120 valence electrons. The molecule has 2 rings (SSSR count). The maximum atomic E-state index is 12.4. The van der Waals surface area contributed by atoms with Crippen LogP contribution in [0.2, 0.25) is 0 Å². The van der Waals surface area contributed by atoms with Gasteiger partial charge in [0.15, 0.2) is 5.60 Å². The number of ether oxygens (including phenoxy) is 1. The summed E-state index contributed by atoms with van der Waals surface area (Å²) in [5.74, 6) is 0.723. The molecule has 5 nitrogen and oxygen atoms in total. The second kappa shape index (κ2) is 7.25. The fraction of sp³-hybridized carbons (Fsp3) is 0.875. The second-order valence-corrected chi connectivity index (χ2v) is 6.52. The van der Waals surface area contributed by atoms with Crippen LogP contribution in [0.1, 0.15) is 51.9 Å². The summed E-state index contributed by atoms with van der Waals surface area (Å²) in [7, 11) is 1.60. The molecule has 2 fully saturated rings. The smallest absolute Gasteiger partial charge is 0.253 e. The van der Waals surface area contributed by atoms with E-state index in [0.717, 1.165) is 6.42 Å². The van der Waals surface area contributed by atoms with Gasteiger partial charge in [-0.25, -0.2) is 0 Å². The van der Waals surface area contributed by atoms with Crippen LogP contribution >= 0.6 is 0 Å². The molecule has 1 aliphatic carbocycles. The van der Waals surface area contributed by atoms with Crippen molar-refractivity contribution in [2.45, 2.75) is 57.5 Å². The van der Waals surface area contributed by atoms with E-state index in [9.17, 15) is 9.59 Å². The number of nitrogens with one attached hydrogen (secondary N) is 1. The summed E-state index contributed by atoms with van der Waals surface area (Å²) in [6.07, 6.45) is 8.11. The van der Waals surface area contributed by atoms with Gasteiger partial charge in [-0.1, -0.05) is 32.1 Å². The van der Waals surface area contributed by atoms with Crippen LogP contribution in [0.15, 0.2) is 0 Å². The summed E-state index contributed by atoms with van der Waals surface area (Å²) in [4.78, 5) is 26.1. The molecule has 1 atom stereocenters. The number of likely N-dealkylation sites (N-methyl/N-ethyl adjacent to an activating group) is 1. The van der Waals surface area contributed by atoms with Gasteiger partial charge in [0.05, 0.1) is 13.2 Å². The van der Waals surface area contributed by atoms with Crippen LogP contribution < -0.4 is 5.32 Å². The predicted molar refractivity (Wildman–Crippen MR) is 80.8 cm³/mol. The van der Waals surface area contributed by atoms with Crippen molar-refractivity contribution in [3.63, 3.8) is 0 Å². The SMILES string of the molecule is CNC(=O)C1(C)CN(C(=O)CCC2CCCCC2)CCO1. The van der Waals surface area contributed by atoms with Crippen LogP contribution in [0.25, 0.3) is 0 Å². The van der Waals surface area contributed by atoms with E-state index in [0.29, 0.717) is 32.0 Å². The fourth-order valence-corrected chi connectivity index (χ4v) is 3.45. The molecule has 1 unspecified atom stereocenters. The highest BCUT2D eigenvalue weighted by atomic mass is 16.5. The standard InChI is InChI=1S/C16H28N2O3/c1-16(15(20)17-2)12-18(10-11-21-16)14(19)9-8-13-6-4-3-5-7-13/h13H,3-12H2,1-2H3,(H,17,20). The van der Waals surface area contributed by atoms with Crippen molar-refractivity contribution < 1.29 is 14.3 Å². The Hall–Kier alpha value is -1.10. The molecule has 0 bridgehead atoms. The zero-order valence-electron chi connectivity index (χ0n) is 13.3. The molecule has 0 aromatic heterocycles. The maximum absolute atomic E-state index is 12.4. The van der Waals surface area contributed by atoms with Crippen molar-refractivity contribution in [1.82, 2.24) is 10.2 Å². The number of hydrogen-bond donors (Lipinski definition) is 1. The highest BCUT2D eigenvalue weighted by Gasteiger charge is 2.40. The lowest BCUT2D eigenvalue weighted by molar-refractivity contribution is -0.162. The highest BCUT2D eigenvalue weighted by molar-refractivity contribution is 5.86. The van der Waals surface area contributed by atoms with Crippen LogP contribution in [-0.2, 0) is 14.3 Å². The number of carbonyl (C=O) groups is 2. The molecule has 0 aromatic carbocycles. The third-order valence-corrected chi connectivity index (χ3v) is 4.83. The molecule has 1 aliphatic heterocycles. The third kappa shape index (κ3) is 4.19. The van der Waals surface area contributed by atoms with E-state index in [1.165, 1.54) is 32.1 Å². The van der Waals surface area contributed by atoms with E-state index in [2.05, 4.69) is 5.32 Å². The molecule has 2 amide bonds. The lowest BCUT2D eigenvalue weighted by Gasteiger charge is -2.39. The van der Waals surface area contributed by atoms with Gasteiger partial charge >= 0.3 is 0 Å². The lowest BCUT2D eigenvalue weighted by Crippen LogP contribution is -2.58. The number of carbonyl (C=O) groups excluding carboxylic acids is 2. The molecule has 5 heteroatoms. The Bertz CT molecular complexity index is 380. The van der Waals surface area contributed by atoms with Crippen molar-refractivity contribution in [2.75, 3.05) is 26.7 Å². The summed E-state index contributed by atoms with van der Waals surface area (Å²) < 4.78 is 5.59. The molecule has 1 saturated heterocycles. The monoisotopic (exact) mass is 296 g/mol. The molecule has 0 radical (unpaired) electrons. The first-order valence-corrected chi connectivity index (χ1v) is 8.19. The van der Waals surface area contributed by atoms with E-state index in [1.807, 2.05) is 0 Å². The van der Waals surface area contributed by atoms with Crippen LogP contribution in [0, 0.1) is 5.92 Å². The van der Waals surface area contributed by atoms with Gasteiger partial charge < -0.3 is 15.0 Å². The third-order valence-electron chi connectivity index (χ3n) is 4.83. The van der Waals surface area contributed by atoms with Gasteiger partial charge in [-0.05, 0) is 19.3 Å². The van der Waals surface area contributed by atoms with Gasteiger partial charge in [0, 0.05) is 20.0 Å². The maximum Gasteiger partial charge on any atom is 0.253 e. The van der Waals surface area contributed by atoms with Gasteiger partial charge in [-0.15, -0.1) is 0 Å². The summed E-state index contributed by atoms with van der Waals surface area (Å²) in [6, 6.07) is 0. The quantitative estimate of drug-likeness (QED) is 0.859. The zero-order valence-corrected chi connectivity index (χ0v) is 13.3. The molecule has 0 aromatic rings. The largest absolute Gasteiger partial charge is 0.362 e. The topological polar surface area (TPSA) is 58.6 Å². The van der Waals surface area contributed by atoms with Gasteiger partial charge in [0.2, 0.25) is 5.91 Å². The fourth-order valence-electron chi connectivity index (χ4n) is 3.45. The number of morpholine rings is 1. The minimum absolute atomic E-state index is 0.160. The molecule has 2 aliphatic rings. The highest BCUT2D eigenvalue weighted by Crippen LogP contribution is 2.28. The van der Waals surface area contributed by atoms with Gasteiger partial charge in [0.1, 0.15) is 0 Å². The first-order chi connectivity index (χ1) is 10.0. The van der Waals surface area contributed by atoms with Crippen LogP contribution in [0.4, 0.5) is 0 Å². The molecular weight excluding hydrogens is 268 g/mol. The van der Waals surface area contributed by atoms with E-state index >= 15 is 0 Å². The molecule has 1 saturated carbocycles. The molecule has 21 heavy (non-hydrogen) atoms. The zero-order chi connectivity index (χ0) is 15.3. The summed E-state index contributed by atoms with van der Waals surface area (Å²) >= 11 is 0. The average Bonchev–Trinajstić information content (AvgIpc) is 2.52.